The average molecular weight is 265 g/mol. The molecule has 1 N–H and O–H groups in total. The maximum Gasteiger partial charge on any atom is 0.256 e. The number of carbonyl (C=O) groups is 1. The Kier molecular flexibility index (Phi) is 4.85. The summed E-state index contributed by atoms with van der Waals surface area (Å²) in [5.41, 5.74) is 0.112. The Labute approximate surface area is 113 Å². The second-order valence-corrected chi connectivity index (χ2v) is 4.91. The van der Waals surface area contributed by atoms with Crippen LogP contribution in [-0.2, 0) is 0 Å². The molecule has 0 aliphatic carbocycles. The first-order valence-corrected chi connectivity index (χ1v) is 6.82. The Morgan fingerprint density at radius 1 is 1.63 bits per heavy atom. The van der Waals surface area contributed by atoms with Gasteiger partial charge in [-0.25, -0.2) is 4.39 Å². The molecule has 0 saturated carbocycles. The molecule has 2 rings (SSSR count). The van der Waals surface area contributed by atoms with Gasteiger partial charge in [0, 0.05) is 19.3 Å². The molecule has 4 nitrogen and oxygen atoms in total. The normalized spacial score (nSPS) is 19.2. The number of nitrogens with zero attached hydrogens (tertiary/aromatic N) is 2. The molecular weight excluding hydrogens is 245 g/mol. The van der Waals surface area contributed by atoms with Gasteiger partial charge in [-0.15, -0.1) is 0 Å². The Bertz CT molecular complexity index is 432. The molecule has 0 aromatic carbocycles. The minimum absolute atomic E-state index is 0.112. The molecule has 1 fully saturated rings. The predicted molar refractivity (Wildman–Crippen MR) is 71.4 cm³/mol. The lowest BCUT2D eigenvalue weighted by Crippen LogP contribution is -2.41. The van der Waals surface area contributed by atoms with E-state index in [0.29, 0.717) is 19.0 Å². The molecule has 1 saturated heterocycles. The van der Waals surface area contributed by atoms with Crippen molar-refractivity contribution in [3.63, 3.8) is 0 Å². The van der Waals surface area contributed by atoms with Crippen LogP contribution in [0.1, 0.15) is 30.1 Å². The molecule has 104 valence electrons. The minimum Gasteiger partial charge on any atom is -0.339 e. The number of aromatic nitrogens is 1. The van der Waals surface area contributed by atoms with Crippen LogP contribution in [0.15, 0.2) is 18.5 Å². The van der Waals surface area contributed by atoms with E-state index in [0.717, 1.165) is 32.1 Å². The fourth-order valence-electron chi connectivity index (χ4n) is 2.47. The van der Waals surface area contributed by atoms with E-state index in [9.17, 15) is 9.18 Å². The van der Waals surface area contributed by atoms with E-state index in [1.807, 2.05) is 6.92 Å². The molecule has 5 heteroatoms. The molecule has 1 aliphatic rings. The SMILES string of the molecule is CCN(CC1CCCNC1)C(=O)c1ccncc1F. The summed E-state index contributed by atoms with van der Waals surface area (Å²) in [6.07, 6.45) is 4.80. The van der Waals surface area contributed by atoms with Crippen LogP contribution in [0.5, 0.6) is 0 Å². The fourth-order valence-corrected chi connectivity index (χ4v) is 2.47. The van der Waals surface area contributed by atoms with Crippen LogP contribution in [0.4, 0.5) is 4.39 Å². The second-order valence-electron chi connectivity index (χ2n) is 4.91. The molecule has 0 bridgehead atoms. The molecule has 1 atom stereocenters. The summed E-state index contributed by atoms with van der Waals surface area (Å²) >= 11 is 0. The highest BCUT2D eigenvalue weighted by atomic mass is 19.1. The van der Waals surface area contributed by atoms with Crippen molar-refractivity contribution in [3.8, 4) is 0 Å². The van der Waals surface area contributed by atoms with Crippen molar-refractivity contribution in [2.45, 2.75) is 19.8 Å². The van der Waals surface area contributed by atoms with Crippen molar-refractivity contribution >= 4 is 5.91 Å². The first-order valence-electron chi connectivity index (χ1n) is 6.82. The largest absolute Gasteiger partial charge is 0.339 e. The second kappa shape index (κ2) is 6.61. The zero-order valence-electron chi connectivity index (χ0n) is 11.2. The van der Waals surface area contributed by atoms with E-state index in [1.54, 1.807) is 4.90 Å². The number of rotatable bonds is 4. The van der Waals surface area contributed by atoms with Gasteiger partial charge in [-0.1, -0.05) is 0 Å². The van der Waals surface area contributed by atoms with E-state index >= 15 is 0 Å². The summed E-state index contributed by atoms with van der Waals surface area (Å²) in [6, 6.07) is 1.44. The van der Waals surface area contributed by atoms with Crippen LogP contribution in [0.3, 0.4) is 0 Å². The van der Waals surface area contributed by atoms with E-state index in [1.165, 1.54) is 12.3 Å². The van der Waals surface area contributed by atoms with Gasteiger partial charge < -0.3 is 10.2 Å². The lowest BCUT2D eigenvalue weighted by Gasteiger charge is -2.29. The molecule has 1 unspecified atom stereocenters. The number of hydrogen-bond acceptors (Lipinski definition) is 3. The molecule has 0 radical (unpaired) electrons. The molecular formula is C14H20FN3O. The third kappa shape index (κ3) is 3.50. The Hall–Kier alpha value is -1.49. The zero-order valence-corrected chi connectivity index (χ0v) is 11.2. The highest BCUT2D eigenvalue weighted by Gasteiger charge is 2.22. The Morgan fingerprint density at radius 2 is 2.47 bits per heavy atom. The quantitative estimate of drug-likeness (QED) is 0.901. The van der Waals surface area contributed by atoms with Crippen LogP contribution < -0.4 is 5.32 Å². The van der Waals surface area contributed by atoms with Crippen molar-refractivity contribution < 1.29 is 9.18 Å². The Morgan fingerprint density at radius 3 is 3.11 bits per heavy atom. The molecule has 1 amide bonds. The average Bonchev–Trinajstić information content (AvgIpc) is 2.46. The van der Waals surface area contributed by atoms with Crippen molar-refractivity contribution in [1.82, 2.24) is 15.2 Å². The van der Waals surface area contributed by atoms with Gasteiger partial charge in [-0.05, 0) is 44.8 Å². The van der Waals surface area contributed by atoms with Crippen molar-refractivity contribution in [2.24, 2.45) is 5.92 Å². The zero-order chi connectivity index (χ0) is 13.7. The summed E-state index contributed by atoms with van der Waals surface area (Å²) in [7, 11) is 0. The third-order valence-corrected chi connectivity index (χ3v) is 3.55. The van der Waals surface area contributed by atoms with Crippen molar-refractivity contribution in [3.05, 3.63) is 29.8 Å². The number of pyridine rings is 1. The molecule has 0 spiro atoms. The number of halogens is 1. The number of piperidine rings is 1. The van der Waals surface area contributed by atoms with Gasteiger partial charge >= 0.3 is 0 Å². The summed E-state index contributed by atoms with van der Waals surface area (Å²) in [5, 5.41) is 3.33. The van der Waals surface area contributed by atoms with Crippen LogP contribution in [-0.4, -0.2) is 42.0 Å². The lowest BCUT2D eigenvalue weighted by molar-refractivity contribution is 0.0724. The van der Waals surface area contributed by atoms with Gasteiger partial charge in [0.25, 0.3) is 5.91 Å². The monoisotopic (exact) mass is 265 g/mol. The van der Waals surface area contributed by atoms with E-state index in [-0.39, 0.29) is 11.5 Å². The lowest BCUT2D eigenvalue weighted by atomic mass is 9.99. The number of hydrogen-bond donors (Lipinski definition) is 1. The van der Waals surface area contributed by atoms with E-state index < -0.39 is 5.82 Å². The first-order chi connectivity index (χ1) is 9.22. The number of amides is 1. The van der Waals surface area contributed by atoms with Gasteiger partial charge in [0.15, 0.2) is 5.82 Å². The summed E-state index contributed by atoms with van der Waals surface area (Å²) in [5.74, 6) is -0.330. The standard InChI is InChI=1S/C14H20FN3O/c1-2-18(10-11-4-3-6-16-8-11)14(19)12-5-7-17-9-13(12)15/h5,7,9,11,16H,2-4,6,8,10H2,1H3. The highest BCUT2D eigenvalue weighted by molar-refractivity contribution is 5.94. The maximum atomic E-state index is 13.6. The van der Waals surface area contributed by atoms with E-state index in [2.05, 4.69) is 10.3 Å². The van der Waals surface area contributed by atoms with Gasteiger partial charge in [0.05, 0.1) is 11.8 Å². The molecule has 1 aliphatic heterocycles. The van der Waals surface area contributed by atoms with Gasteiger partial charge in [-0.3, -0.25) is 9.78 Å². The summed E-state index contributed by atoms with van der Waals surface area (Å²) in [4.78, 5) is 17.7. The van der Waals surface area contributed by atoms with Crippen LogP contribution in [0.25, 0.3) is 0 Å². The molecule has 19 heavy (non-hydrogen) atoms. The predicted octanol–water partition coefficient (Wildman–Crippen LogP) is 1.68. The van der Waals surface area contributed by atoms with Crippen LogP contribution in [0.2, 0.25) is 0 Å². The van der Waals surface area contributed by atoms with Crippen molar-refractivity contribution in [2.75, 3.05) is 26.2 Å². The van der Waals surface area contributed by atoms with Gasteiger partial charge in [0.2, 0.25) is 0 Å². The maximum absolute atomic E-state index is 13.6. The first kappa shape index (κ1) is 13.9. The van der Waals surface area contributed by atoms with E-state index in [4.69, 9.17) is 0 Å². The minimum atomic E-state index is -0.548. The smallest absolute Gasteiger partial charge is 0.256 e. The Balaban J connectivity index is 2.04. The van der Waals surface area contributed by atoms with Gasteiger partial charge in [0.1, 0.15) is 0 Å². The van der Waals surface area contributed by atoms with Crippen molar-refractivity contribution in [1.29, 1.82) is 0 Å². The van der Waals surface area contributed by atoms with Gasteiger partial charge in [-0.2, -0.15) is 0 Å². The molecule has 2 heterocycles. The number of nitrogens with one attached hydrogen (secondary N) is 1. The highest BCUT2D eigenvalue weighted by Crippen LogP contribution is 2.15. The summed E-state index contributed by atoms with van der Waals surface area (Å²) < 4.78 is 13.6. The van der Waals surface area contributed by atoms with Crippen LogP contribution in [0, 0.1) is 11.7 Å². The number of carbonyl (C=O) groups excluding carboxylic acids is 1. The van der Waals surface area contributed by atoms with Crippen LogP contribution >= 0.6 is 0 Å². The third-order valence-electron chi connectivity index (χ3n) is 3.55. The summed E-state index contributed by atoms with van der Waals surface area (Å²) in [6.45, 7) is 5.19. The molecule has 1 aromatic rings. The fraction of sp³-hybridized carbons (Fsp3) is 0.571. The molecule has 1 aromatic heterocycles. The topological polar surface area (TPSA) is 45.2 Å².